The van der Waals surface area contributed by atoms with E-state index in [1.165, 1.54) is 0 Å². The van der Waals surface area contributed by atoms with E-state index in [9.17, 15) is 4.79 Å². The van der Waals surface area contributed by atoms with E-state index in [-0.39, 0.29) is 0 Å². The van der Waals surface area contributed by atoms with E-state index < -0.39 is 11.7 Å². The highest BCUT2D eigenvalue weighted by molar-refractivity contribution is 5.89. The number of carbonyl (C=O) groups is 1. The number of benzene rings is 1. The number of carbonyl (C=O) groups excluding carboxylic acids is 1. The molecule has 38 heavy (non-hydrogen) atoms. The quantitative estimate of drug-likeness (QED) is 0.333. The van der Waals surface area contributed by atoms with E-state index in [4.69, 9.17) is 19.4 Å². The second-order valence-corrected chi connectivity index (χ2v) is 9.61. The number of anilines is 2. The van der Waals surface area contributed by atoms with Gasteiger partial charge in [0, 0.05) is 56.8 Å². The summed E-state index contributed by atoms with van der Waals surface area (Å²) in [6, 6.07) is 9.89. The fraction of sp³-hybridized carbons (Fsp3) is 0.370. The first-order valence-corrected chi connectivity index (χ1v) is 12.6. The molecule has 0 spiro atoms. The van der Waals surface area contributed by atoms with Crippen molar-refractivity contribution in [2.24, 2.45) is 0 Å². The maximum absolute atomic E-state index is 11.7. The maximum Gasteiger partial charge on any atom is 0.407 e. The number of alkyl carbamates (subject to hydrolysis) is 1. The van der Waals surface area contributed by atoms with E-state index in [1.807, 2.05) is 44.2 Å². The van der Waals surface area contributed by atoms with Crippen LogP contribution < -0.4 is 20.3 Å². The van der Waals surface area contributed by atoms with Crippen LogP contribution in [0.25, 0.3) is 22.4 Å². The number of fused-ring (bicyclic) bond motifs is 1. The number of nitrogens with zero attached hydrogens (tertiary/aromatic N) is 5. The molecule has 198 valence electrons. The zero-order chi connectivity index (χ0) is 26.7. The number of methoxy groups -OCH3 is 1. The number of aromatic nitrogens is 5. The monoisotopic (exact) mass is 516 g/mol. The Kier molecular flexibility index (Phi) is 6.99. The molecule has 1 aliphatic heterocycles. The van der Waals surface area contributed by atoms with Gasteiger partial charge in [-0.2, -0.15) is 5.10 Å². The highest BCUT2D eigenvalue weighted by Crippen LogP contribution is 2.32. The Bertz CT molecular complexity index is 1430. The van der Waals surface area contributed by atoms with Gasteiger partial charge in [0.1, 0.15) is 28.5 Å². The van der Waals surface area contributed by atoms with Crippen LogP contribution in [0.4, 0.5) is 16.4 Å². The fourth-order valence-electron chi connectivity index (χ4n) is 4.63. The molecule has 0 unspecified atom stereocenters. The van der Waals surface area contributed by atoms with Crippen LogP contribution in [-0.4, -0.2) is 64.1 Å². The average molecular weight is 517 g/mol. The van der Waals surface area contributed by atoms with Gasteiger partial charge in [-0.1, -0.05) is 12.1 Å². The van der Waals surface area contributed by atoms with Crippen molar-refractivity contribution in [1.29, 1.82) is 0 Å². The number of aromatic amines is 1. The first-order valence-electron chi connectivity index (χ1n) is 12.6. The first kappa shape index (κ1) is 25.2. The zero-order valence-electron chi connectivity index (χ0n) is 22.0. The summed E-state index contributed by atoms with van der Waals surface area (Å²) in [6.45, 7) is 6.04. The molecule has 0 aliphatic carbocycles. The molecule has 4 aromatic rings. The molecule has 3 N–H and O–H groups in total. The molecular formula is C27H32N8O3. The highest BCUT2D eigenvalue weighted by Gasteiger charge is 2.34. The number of piperidine rings is 1. The van der Waals surface area contributed by atoms with Gasteiger partial charge in [0.15, 0.2) is 0 Å². The maximum atomic E-state index is 11.7. The van der Waals surface area contributed by atoms with Gasteiger partial charge < -0.3 is 25.0 Å². The van der Waals surface area contributed by atoms with Gasteiger partial charge in [-0.25, -0.2) is 19.7 Å². The Morgan fingerprint density at radius 3 is 2.63 bits per heavy atom. The molecule has 3 aromatic heterocycles. The van der Waals surface area contributed by atoms with Crippen molar-refractivity contribution in [3.8, 4) is 17.0 Å². The molecule has 0 bridgehead atoms. The van der Waals surface area contributed by atoms with Crippen LogP contribution in [0, 0.1) is 6.92 Å². The Balaban J connectivity index is 1.31. The predicted octanol–water partition coefficient (Wildman–Crippen LogP) is 4.06. The fourth-order valence-corrected chi connectivity index (χ4v) is 4.63. The molecular weight excluding hydrogens is 484 g/mol. The minimum atomic E-state index is -0.494. The number of hydrogen-bond acceptors (Lipinski definition) is 9. The van der Waals surface area contributed by atoms with Crippen molar-refractivity contribution in [1.82, 2.24) is 30.5 Å². The normalized spacial score (nSPS) is 14.8. The molecule has 1 saturated heterocycles. The Hall–Kier alpha value is -4.41. The number of rotatable bonds is 7. The lowest BCUT2D eigenvalue weighted by atomic mass is 9.93. The van der Waals surface area contributed by atoms with Crippen molar-refractivity contribution in [3.63, 3.8) is 0 Å². The summed E-state index contributed by atoms with van der Waals surface area (Å²) in [5.74, 6) is 2.38. The standard InChI is InChI=1S/C27H32N8O3/c1-17-20(9-12-29-24(17)31-15-18-5-7-19(37-4)8-6-18)22-23-25(34-33-22)32-21(16-30-23)35-13-10-27(2,11-14-35)38-26(36)28-3/h5-9,12,16H,10-11,13-15H2,1-4H3,(H,28,36)(H,29,31)(H,32,33,34). The number of pyridine rings is 1. The number of H-pyrrole nitrogens is 1. The summed E-state index contributed by atoms with van der Waals surface area (Å²) in [5, 5.41) is 13.5. The van der Waals surface area contributed by atoms with Crippen LogP contribution in [-0.2, 0) is 11.3 Å². The molecule has 0 radical (unpaired) electrons. The lowest BCUT2D eigenvalue weighted by Gasteiger charge is -2.38. The highest BCUT2D eigenvalue weighted by atomic mass is 16.6. The van der Waals surface area contributed by atoms with Crippen LogP contribution in [0.3, 0.4) is 0 Å². The van der Waals surface area contributed by atoms with E-state index in [0.717, 1.165) is 39.8 Å². The lowest BCUT2D eigenvalue weighted by Crippen LogP contribution is -2.46. The van der Waals surface area contributed by atoms with Gasteiger partial charge in [-0.3, -0.25) is 5.10 Å². The lowest BCUT2D eigenvalue weighted by molar-refractivity contribution is 0.00825. The molecule has 1 aromatic carbocycles. The Labute approximate surface area is 221 Å². The minimum Gasteiger partial charge on any atom is -0.497 e. The molecule has 4 heterocycles. The zero-order valence-corrected chi connectivity index (χ0v) is 22.0. The Morgan fingerprint density at radius 2 is 1.92 bits per heavy atom. The van der Waals surface area contributed by atoms with Gasteiger partial charge in [0.05, 0.1) is 19.0 Å². The Morgan fingerprint density at radius 1 is 1.16 bits per heavy atom. The third-order valence-electron chi connectivity index (χ3n) is 7.03. The summed E-state index contributed by atoms with van der Waals surface area (Å²) >= 11 is 0. The summed E-state index contributed by atoms with van der Waals surface area (Å²) in [4.78, 5) is 27.9. The second kappa shape index (κ2) is 10.5. The van der Waals surface area contributed by atoms with Crippen LogP contribution in [0.1, 0.15) is 30.9 Å². The molecule has 1 fully saturated rings. The van der Waals surface area contributed by atoms with Gasteiger partial charge in [0.25, 0.3) is 0 Å². The molecule has 1 amide bonds. The third-order valence-corrected chi connectivity index (χ3v) is 7.03. The second-order valence-electron chi connectivity index (χ2n) is 9.61. The van der Waals surface area contributed by atoms with Crippen LogP contribution in [0.15, 0.2) is 42.7 Å². The van der Waals surface area contributed by atoms with E-state index in [2.05, 4.69) is 30.7 Å². The number of hydrogen-bond donors (Lipinski definition) is 3. The van der Waals surface area contributed by atoms with Crippen LogP contribution >= 0.6 is 0 Å². The summed E-state index contributed by atoms with van der Waals surface area (Å²) in [7, 11) is 3.22. The predicted molar refractivity (Wildman–Crippen MR) is 145 cm³/mol. The number of ether oxygens (including phenoxy) is 2. The van der Waals surface area contributed by atoms with Crippen LogP contribution in [0.2, 0.25) is 0 Å². The third kappa shape index (κ3) is 5.17. The SMILES string of the molecule is CNC(=O)OC1(C)CCN(c2cnc3c(-c4ccnc(NCc5ccc(OC)cc5)c4C)[nH]nc3n2)CC1. The smallest absolute Gasteiger partial charge is 0.407 e. The van der Waals surface area contributed by atoms with Gasteiger partial charge in [0.2, 0.25) is 5.65 Å². The topological polar surface area (TPSA) is 130 Å². The van der Waals surface area contributed by atoms with Gasteiger partial charge in [-0.15, -0.1) is 0 Å². The largest absolute Gasteiger partial charge is 0.497 e. The summed E-state index contributed by atoms with van der Waals surface area (Å²) in [6.07, 6.45) is 4.56. The van der Waals surface area contributed by atoms with Crippen molar-refractivity contribution >= 4 is 28.9 Å². The van der Waals surface area contributed by atoms with Crippen molar-refractivity contribution in [2.75, 3.05) is 37.5 Å². The van der Waals surface area contributed by atoms with E-state index in [0.29, 0.717) is 43.6 Å². The summed E-state index contributed by atoms with van der Waals surface area (Å²) < 4.78 is 10.8. The van der Waals surface area contributed by atoms with E-state index >= 15 is 0 Å². The molecule has 0 atom stereocenters. The van der Waals surface area contributed by atoms with Crippen molar-refractivity contribution in [2.45, 2.75) is 38.8 Å². The first-order chi connectivity index (χ1) is 18.4. The molecule has 11 nitrogen and oxygen atoms in total. The summed E-state index contributed by atoms with van der Waals surface area (Å²) in [5.41, 5.74) is 4.64. The molecule has 11 heteroatoms. The average Bonchev–Trinajstić information content (AvgIpc) is 3.36. The van der Waals surface area contributed by atoms with E-state index in [1.54, 1.807) is 26.6 Å². The van der Waals surface area contributed by atoms with Gasteiger partial charge in [-0.05, 0) is 37.6 Å². The molecule has 0 saturated carbocycles. The number of amides is 1. The van der Waals surface area contributed by atoms with Crippen LogP contribution in [0.5, 0.6) is 5.75 Å². The van der Waals surface area contributed by atoms with Crippen molar-refractivity contribution in [3.05, 3.63) is 53.9 Å². The van der Waals surface area contributed by atoms with Crippen molar-refractivity contribution < 1.29 is 14.3 Å². The molecule has 5 rings (SSSR count). The van der Waals surface area contributed by atoms with Gasteiger partial charge >= 0.3 is 6.09 Å². The number of nitrogens with one attached hydrogen (secondary N) is 3. The molecule has 1 aliphatic rings. The minimum absolute atomic E-state index is 0.406.